The van der Waals surface area contributed by atoms with Crippen LogP contribution in [0.25, 0.3) is 6.08 Å². The minimum absolute atomic E-state index is 0.409. The Morgan fingerprint density at radius 3 is 2.57 bits per heavy atom. The molecule has 1 unspecified atom stereocenters. The number of hydrogen-bond acceptors (Lipinski definition) is 3. The van der Waals surface area contributed by atoms with Crippen molar-refractivity contribution in [1.29, 1.82) is 0 Å². The topological polar surface area (TPSA) is 90.0 Å². The van der Waals surface area contributed by atoms with Crippen LogP contribution in [0, 0.1) is 12.8 Å². The van der Waals surface area contributed by atoms with Crippen LogP contribution >= 0.6 is 11.6 Å². The van der Waals surface area contributed by atoms with Crippen LogP contribution < -0.4 is 11.1 Å². The molecule has 0 aromatic carbocycles. The number of carbonyl (C=O) groups is 2. The molecule has 1 aromatic heterocycles. The van der Waals surface area contributed by atoms with E-state index >= 15 is 0 Å². The van der Waals surface area contributed by atoms with Crippen LogP contribution in [-0.4, -0.2) is 27.6 Å². The molecule has 1 atom stereocenters. The number of aromatic nitrogens is 2. The summed E-state index contributed by atoms with van der Waals surface area (Å²) < 4.78 is 1.71. The van der Waals surface area contributed by atoms with Gasteiger partial charge < -0.3 is 11.1 Å². The zero-order valence-electron chi connectivity index (χ0n) is 12.7. The van der Waals surface area contributed by atoms with Crippen LogP contribution in [-0.2, 0) is 16.1 Å². The number of aryl methyl sites for hydroxylation is 1. The summed E-state index contributed by atoms with van der Waals surface area (Å²) in [6.07, 6.45) is 2.90. The van der Waals surface area contributed by atoms with E-state index in [1.54, 1.807) is 10.8 Å². The van der Waals surface area contributed by atoms with E-state index in [2.05, 4.69) is 24.3 Å². The highest BCUT2D eigenvalue weighted by molar-refractivity contribution is 6.31. The molecule has 6 nitrogen and oxygen atoms in total. The van der Waals surface area contributed by atoms with Gasteiger partial charge in [-0.25, -0.2) is 0 Å². The van der Waals surface area contributed by atoms with Gasteiger partial charge in [-0.2, -0.15) is 5.10 Å². The number of amides is 2. The number of nitrogens with zero attached hydrogens (tertiary/aromatic N) is 2. The van der Waals surface area contributed by atoms with E-state index < -0.39 is 17.9 Å². The highest BCUT2D eigenvalue weighted by Crippen LogP contribution is 2.22. The fourth-order valence-corrected chi connectivity index (χ4v) is 2.02. The molecule has 0 spiro atoms. The largest absolute Gasteiger partial charge is 0.368 e. The van der Waals surface area contributed by atoms with Gasteiger partial charge in [-0.1, -0.05) is 25.4 Å². The quantitative estimate of drug-likeness (QED) is 0.780. The molecule has 3 N–H and O–H groups in total. The van der Waals surface area contributed by atoms with Crippen LogP contribution in [0.5, 0.6) is 0 Å². The maximum absolute atomic E-state index is 11.7. The second-order valence-electron chi connectivity index (χ2n) is 5.33. The molecular formula is C14H21ClN4O2. The molecule has 1 rings (SSSR count). The van der Waals surface area contributed by atoms with Crippen molar-refractivity contribution in [3.8, 4) is 0 Å². The molecule has 0 aliphatic carbocycles. The minimum atomic E-state index is -0.720. The number of rotatable bonds is 6. The van der Waals surface area contributed by atoms with E-state index in [1.807, 2.05) is 6.92 Å². The van der Waals surface area contributed by atoms with Gasteiger partial charge in [0.05, 0.1) is 5.69 Å². The van der Waals surface area contributed by atoms with Crippen molar-refractivity contribution in [2.75, 3.05) is 0 Å². The van der Waals surface area contributed by atoms with Gasteiger partial charge in [-0.3, -0.25) is 14.3 Å². The molecule has 0 radical (unpaired) electrons. The normalized spacial score (nSPS) is 12.9. The predicted octanol–water partition coefficient (Wildman–Crippen LogP) is 1.50. The Balaban J connectivity index is 2.83. The summed E-state index contributed by atoms with van der Waals surface area (Å²) in [6, 6.07) is -0.720. The average Bonchev–Trinajstić information content (AvgIpc) is 2.61. The lowest BCUT2D eigenvalue weighted by molar-refractivity contribution is -0.124. The Labute approximate surface area is 129 Å². The van der Waals surface area contributed by atoms with Gasteiger partial charge >= 0.3 is 0 Å². The molecular weight excluding hydrogens is 292 g/mol. The lowest BCUT2D eigenvalue weighted by Gasteiger charge is -2.07. The molecule has 2 amide bonds. The molecule has 1 heterocycles. The van der Waals surface area contributed by atoms with Gasteiger partial charge in [-0.05, 0) is 25.8 Å². The molecule has 0 saturated carbocycles. The van der Waals surface area contributed by atoms with Crippen molar-refractivity contribution in [2.24, 2.45) is 11.7 Å². The average molecular weight is 313 g/mol. The Hall–Kier alpha value is -1.82. The lowest BCUT2D eigenvalue weighted by atomic mass is 10.2. The number of nitrogens with two attached hydrogens (primary N) is 1. The van der Waals surface area contributed by atoms with Gasteiger partial charge in [0.25, 0.3) is 0 Å². The van der Waals surface area contributed by atoms with Crippen LogP contribution in [0.15, 0.2) is 6.08 Å². The van der Waals surface area contributed by atoms with Crippen molar-refractivity contribution < 1.29 is 9.59 Å². The van der Waals surface area contributed by atoms with Crippen molar-refractivity contribution in [3.63, 3.8) is 0 Å². The number of hydrogen-bond donors (Lipinski definition) is 2. The van der Waals surface area contributed by atoms with E-state index in [0.717, 1.165) is 5.69 Å². The van der Waals surface area contributed by atoms with Crippen molar-refractivity contribution >= 4 is 29.5 Å². The Morgan fingerprint density at radius 1 is 1.43 bits per heavy atom. The van der Waals surface area contributed by atoms with E-state index in [4.69, 9.17) is 17.3 Å². The highest BCUT2D eigenvalue weighted by Gasteiger charge is 2.13. The number of halogens is 1. The molecule has 0 aliphatic heterocycles. The second kappa shape index (κ2) is 7.26. The smallest absolute Gasteiger partial charge is 0.244 e. The first-order chi connectivity index (χ1) is 9.72. The van der Waals surface area contributed by atoms with Crippen molar-refractivity contribution in [3.05, 3.63) is 22.5 Å². The van der Waals surface area contributed by atoms with Gasteiger partial charge in [0, 0.05) is 18.2 Å². The summed E-state index contributed by atoms with van der Waals surface area (Å²) >= 11 is 6.26. The first-order valence-corrected chi connectivity index (χ1v) is 7.11. The third-order valence-electron chi connectivity index (χ3n) is 2.83. The summed E-state index contributed by atoms with van der Waals surface area (Å²) in [5.74, 6) is -0.581. The van der Waals surface area contributed by atoms with E-state index in [9.17, 15) is 9.59 Å². The van der Waals surface area contributed by atoms with Gasteiger partial charge in [0.15, 0.2) is 0 Å². The molecule has 0 aliphatic rings. The number of nitrogens with one attached hydrogen (secondary N) is 1. The zero-order valence-corrected chi connectivity index (χ0v) is 13.4. The molecule has 21 heavy (non-hydrogen) atoms. The van der Waals surface area contributed by atoms with Gasteiger partial charge in [0.2, 0.25) is 11.8 Å². The highest BCUT2D eigenvalue weighted by atomic mass is 35.5. The monoisotopic (exact) mass is 312 g/mol. The Morgan fingerprint density at radius 2 is 2.05 bits per heavy atom. The second-order valence-corrected chi connectivity index (χ2v) is 5.69. The standard InChI is InChI=1S/C14H21ClN4O2/c1-8(2)7-19-13(15)11(9(3)18-19)5-6-12(20)17-10(4)14(16)21/h5-6,8,10H,7H2,1-4H3,(H2,16,21)(H,17,20). The molecule has 0 bridgehead atoms. The summed E-state index contributed by atoms with van der Waals surface area (Å²) in [7, 11) is 0. The van der Waals surface area contributed by atoms with E-state index in [0.29, 0.717) is 23.2 Å². The van der Waals surface area contributed by atoms with Crippen LogP contribution in [0.2, 0.25) is 5.15 Å². The van der Waals surface area contributed by atoms with Crippen molar-refractivity contribution in [2.45, 2.75) is 40.3 Å². The first kappa shape index (κ1) is 17.2. The molecule has 0 fully saturated rings. The maximum atomic E-state index is 11.7. The maximum Gasteiger partial charge on any atom is 0.244 e. The third kappa shape index (κ3) is 4.90. The Bertz CT molecular complexity index is 564. The summed E-state index contributed by atoms with van der Waals surface area (Å²) in [4.78, 5) is 22.5. The fraction of sp³-hybridized carbons (Fsp3) is 0.500. The molecule has 7 heteroatoms. The number of primary amides is 1. The molecule has 1 aromatic rings. The summed E-state index contributed by atoms with van der Waals surface area (Å²) in [5, 5.41) is 7.30. The van der Waals surface area contributed by atoms with Gasteiger partial charge in [-0.15, -0.1) is 0 Å². The summed E-state index contributed by atoms with van der Waals surface area (Å²) in [5.41, 5.74) is 6.51. The fourth-order valence-electron chi connectivity index (χ4n) is 1.72. The molecule has 0 saturated heterocycles. The molecule has 116 valence electrons. The lowest BCUT2D eigenvalue weighted by Crippen LogP contribution is -2.41. The first-order valence-electron chi connectivity index (χ1n) is 6.73. The van der Waals surface area contributed by atoms with Crippen molar-refractivity contribution in [1.82, 2.24) is 15.1 Å². The van der Waals surface area contributed by atoms with Crippen LogP contribution in [0.3, 0.4) is 0 Å². The third-order valence-corrected chi connectivity index (χ3v) is 3.23. The Kier molecular flexibility index (Phi) is 5.96. The SMILES string of the molecule is Cc1nn(CC(C)C)c(Cl)c1C=CC(=O)NC(C)C(N)=O. The van der Waals surface area contributed by atoms with E-state index in [-0.39, 0.29) is 0 Å². The van der Waals surface area contributed by atoms with Crippen LogP contribution in [0.4, 0.5) is 0 Å². The minimum Gasteiger partial charge on any atom is -0.368 e. The van der Waals surface area contributed by atoms with Gasteiger partial charge in [0.1, 0.15) is 11.2 Å². The van der Waals surface area contributed by atoms with Crippen LogP contribution in [0.1, 0.15) is 32.0 Å². The zero-order chi connectivity index (χ0) is 16.2. The summed E-state index contributed by atoms with van der Waals surface area (Å²) in [6.45, 7) is 8.20. The van der Waals surface area contributed by atoms with E-state index in [1.165, 1.54) is 13.0 Å². The number of carbonyl (C=O) groups excluding carboxylic acids is 2. The predicted molar refractivity (Wildman–Crippen MR) is 82.6 cm³/mol.